The predicted molar refractivity (Wildman–Crippen MR) is 130 cm³/mol. The Balaban J connectivity index is 1.45. The number of methoxy groups -OCH3 is 2. The molecule has 0 fully saturated rings. The average molecular weight is 467 g/mol. The number of aryl methyl sites for hydroxylation is 1. The van der Waals surface area contributed by atoms with Crippen molar-refractivity contribution in [2.75, 3.05) is 43.8 Å². The third kappa shape index (κ3) is 4.93. The fraction of sp³-hybridized carbons (Fsp3) is 0.292. The van der Waals surface area contributed by atoms with E-state index in [2.05, 4.69) is 15.6 Å². The first kappa shape index (κ1) is 22.6. The Labute approximate surface area is 196 Å². The highest BCUT2D eigenvalue weighted by molar-refractivity contribution is 7.16. The molecule has 0 spiro atoms. The summed E-state index contributed by atoms with van der Waals surface area (Å²) in [7, 11) is 7.00. The molecule has 1 aliphatic carbocycles. The van der Waals surface area contributed by atoms with E-state index in [1.807, 2.05) is 43.3 Å². The lowest BCUT2D eigenvalue weighted by Crippen LogP contribution is -2.20. The number of anilines is 3. The lowest BCUT2D eigenvalue weighted by molar-refractivity contribution is -0.117. The van der Waals surface area contributed by atoms with Crippen molar-refractivity contribution in [1.82, 2.24) is 4.98 Å². The van der Waals surface area contributed by atoms with Crippen molar-refractivity contribution in [2.45, 2.75) is 18.8 Å². The van der Waals surface area contributed by atoms with Crippen molar-refractivity contribution in [3.05, 3.63) is 58.6 Å². The zero-order valence-electron chi connectivity index (χ0n) is 19.0. The molecule has 8 nitrogen and oxygen atoms in total. The molecule has 0 aliphatic heterocycles. The number of hydrogen-bond donors (Lipinski definition) is 2. The fourth-order valence-corrected chi connectivity index (χ4v) is 4.75. The molecule has 2 amide bonds. The monoisotopic (exact) mass is 466 g/mol. The van der Waals surface area contributed by atoms with Crippen LogP contribution in [0.15, 0.2) is 42.5 Å². The lowest BCUT2D eigenvalue weighted by atomic mass is 10.1. The summed E-state index contributed by atoms with van der Waals surface area (Å²) in [5, 5.41) is 6.29. The molecule has 1 unspecified atom stereocenters. The molecular formula is C24H26N4O4S. The molecule has 3 aromatic rings. The topological polar surface area (TPSA) is 92.8 Å². The Morgan fingerprint density at radius 2 is 1.70 bits per heavy atom. The number of aromatic nitrogens is 1. The molecule has 0 radical (unpaired) electrons. The van der Waals surface area contributed by atoms with Crippen LogP contribution in [0, 0.1) is 0 Å². The summed E-state index contributed by atoms with van der Waals surface area (Å²) in [4.78, 5) is 33.3. The molecule has 0 saturated heterocycles. The largest absolute Gasteiger partial charge is 0.497 e. The van der Waals surface area contributed by atoms with E-state index >= 15 is 0 Å². The quantitative estimate of drug-likeness (QED) is 0.544. The zero-order valence-corrected chi connectivity index (χ0v) is 19.8. The second-order valence-corrected chi connectivity index (χ2v) is 8.99. The molecule has 1 aromatic heterocycles. The molecule has 1 atom stereocenters. The van der Waals surface area contributed by atoms with Gasteiger partial charge in [0.2, 0.25) is 5.91 Å². The van der Waals surface area contributed by atoms with Crippen LogP contribution in [0.2, 0.25) is 0 Å². The summed E-state index contributed by atoms with van der Waals surface area (Å²) in [6, 6.07) is 12.7. The van der Waals surface area contributed by atoms with Gasteiger partial charge in [-0.15, -0.1) is 11.3 Å². The number of ether oxygens (including phenoxy) is 2. The summed E-state index contributed by atoms with van der Waals surface area (Å²) in [5.41, 5.74) is 2.94. The maximum atomic E-state index is 12.9. The molecule has 172 valence electrons. The van der Waals surface area contributed by atoms with Crippen molar-refractivity contribution in [1.29, 1.82) is 0 Å². The molecule has 1 heterocycles. The van der Waals surface area contributed by atoms with Crippen LogP contribution in [0.4, 0.5) is 16.5 Å². The van der Waals surface area contributed by atoms with Crippen molar-refractivity contribution in [2.24, 2.45) is 0 Å². The van der Waals surface area contributed by atoms with E-state index in [0.717, 1.165) is 28.4 Å². The van der Waals surface area contributed by atoms with E-state index in [9.17, 15) is 9.59 Å². The zero-order chi connectivity index (χ0) is 23.5. The standard InChI is InChI=1S/C24H26N4O4S/c1-28(2)16-7-5-15(6-8-16)25-23(30)19-9-10-20-21(19)26-24(33-20)27-22(29)14-11-17(31-3)13-18(12-14)32-4/h5-8,11-13,19H,9-10H2,1-4H3,(H,25,30)(H,26,27,29). The number of nitrogens with zero attached hydrogens (tertiary/aromatic N) is 2. The van der Waals surface area contributed by atoms with Gasteiger partial charge in [0.1, 0.15) is 11.5 Å². The van der Waals surface area contributed by atoms with Crippen LogP contribution in [-0.2, 0) is 11.2 Å². The second-order valence-electron chi connectivity index (χ2n) is 7.90. The highest BCUT2D eigenvalue weighted by Crippen LogP contribution is 2.39. The van der Waals surface area contributed by atoms with E-state index in [1.54, 1.807) is 18.2 Å². The Kier molecular flexibility index (Phi) is 6.50. The van der Waals surface area contributed by atoms with Crippen LogP contribution < -0.4 is 25.0 Å². The molecule has 1 aliphatic rings. The van der Waals surface area contributed by atoms with Gasteiger partial charge in [-0.05, 0) is 49.2 Å². The number of nitrogens with one attached hydrogen (secondary N) is 2. The predicted octanol–water partition coefficient (Wildman–Crippen LogP) is 4.15. The van der Waals surface area contributed by atoms with Gasteiger partial charge in [0.15, 0.2) is 5.13 Å². The molecular weight excluding hydrogens is 440 g/mol. The van der Waals surface area contributed by atoms with Gasteiger partial charge in [-0.2, -0.15) is 0 Å². The van der Waals surface area contributed by atoms with Gasteiger partial charge < -0.3 is 19.7 Å². The van der Waals surface area contributed by atoms with Crippen LogP contribution in [0.25, 0.3) is 0 Å². The average Bonchev–Trinajstić information content (AvgIpc) is 3.39. The normalized spacial score (nSPS) is 14.4. The first-order valence-electron chi connectivity index (χ1n) is 10.5. The molecule has 0 saturated carbocycles. The molecule has 2 N–H and O–H groups in total. The molecule has 4 rings (SSSR count). The van der Waals surface area contributed by atoms with Gasteiger partial charge in [0, 0.05) is 42.0 Å². The van der Waals surface area contributed by atoms with Gasteiger partial charge in [-0.3, -0.25) is 14.9 Å². The van der Waals surface area contributed by atoms with Gasteiger partial charge in [0.05, 0.1) is 25.8 Å². The van der Waals surface area contributed by atoms with Crippen LogP contribution in [0.1, 0.15) is 33.3 Å². The van der Waals surface area contributed by atoms with Crippen molar-refractivity contribution < 1.29 is 19.1 Å². The number of thiazole rings is 1. The fourth-order valence-electron chi connectivity index (χ4n) is 3.72. The van der Waals surface area contributed by atoms with Crippen LogP contribution >= 0.6 is 11.3 Å². The minimum atomic E-state index is -0.340. The maximum Gasteiger partial charge on any atom is 0.257 e. The van der Waals surface area contributed by atoms with Gasteiger partial charge >= 0.3 is 0 Å². The number of rotatable bonds is 7. The number of carbonyl (C=O) groups is 2. The van der Waals surface area contributed by atoms with Crippen LogP contribution in [0.5, 0.6) is 11.5 Å². The van der Waals surface area contributed by atoms with Gasteiger partial charge in [-0.1, -0.05) is 0 Å². The van der Waals surface area contributed by atoms with E-state index in [-0.39, 0.29) is 17.7 Å². The molecule has 33 heavy (non-hydrogen) atoms. The lowest BCUT2D eigenvalue weighted by Gasteiger charge is -2.14. The highest BCUT2D eigenvalue weighted by atomic mass is 32.1. The maximum absolute atomic E-state index is 12.9. The first-order chi connectivity index (χ1) is 15.9. The second kappa shape index (κ2) is 9.50. The summed E-state index contributed by atoms with van der Waals surface area (Å²) in [5.74, 6) is 0.300. The van der Waals surface area contributed by atoms with Gasteiger partial charge in [-0.25, -0.2) is 4.98 Å². The Morgan fingerprint density at radius 3 is 2.30 bits per heavy atom. The van der Waals surface area contributed by atoms with Crippen LogP contribution in [-0.4, -0.2) is 45.1 Å². The molecule has 9 heteroatoms. The molecule has 2 aromatic carbocycles. The SMILES string of the molecule is COc1cc(OC)cc(C(=O)Nc2nc3c(s2)CCC3C(=O)Nc2ccc(N(C)C)cc2)c1. The highest BCUT2D eigenvalue weighted by Gasteiger charge is 2.33. The minimum Gasteiger partial charge on any atom is -0.497 e. The first-order valence-corrected chi connectivity index (χ1v) is 11.3. The Bertz CT molecular complexity index is 1150. The summed E-state index contributed by atoms with van der Waals surface area (Å²) < 4.78 is 10.5. The summed E-state index contributed by atoms with van der Waals surface area (Å²) >= 11 is 1.41. The van der Waals surface area contributed by atoms with E-state index in [4.69, 9.17) is 9.47 Å². The Morgan fingerprint density at radius 1 is 1.03 bits per heavy atom. The van der Waals surface area contributed by atoms with Crippen molar-refractivity contribution in [3.8, 4) is 11.5 Å². The number of benzene rings is 2. The van der Waals surface area contributed by atoms with Crippen LogP contribution in [0.3, 0.4) is 0 Å². The van der Waals surface area contributed by atoms with Crippen molar-refractivity contribution >= 4 is 39.7 Å². The number of fused-ring (bicyclic) bond motifs is 1. The third-order valence-corrected chi connectivity index (χ3v) is 6.57. The number of amides is 2. The van der Waals surface area contributed by atoms with E-state index in [0.29, 0.717) is 28.6 Å². The summed E-state index contributed by atoms with van der Waals surface area (Å²) in [6.07, 6.45) is 1.46. The minimum absolute atomic E-state index is 0.0907. The third-order valence-electron chi connectivity index (χ3n) is 5.52. The van der Waals surface area contributed by atoms with E-state index in [1.165, 1.54) is 25.6 Å². The number of hydrogen-bond acceptors (Lipinski definition) is 7. The van der Waals surface area contributed by atoms with Gasteiger partial charge in [0.25, 0.3) is 5.91 Å². The summed E-state index contributed by atoms with van der Waals surface area (Å²) in [6.45, 7) is 0. The van der Waals surface area contributed by atoms with E-state index < -0.39 is 0 Å². The molecule has 0 bridgehead atoms. The smallest absolute Gasteiger partial charge is 0.257 e. The number of carbonyl (C=O) groups excluding carboxylic acids is 2. The van der Waals surface area contributed by atoms with Crippen molar-refractivity contribution in [3.63, 3.8) is 0 Å². The Hall–Kier alpha value is -3.59.